The van der Waals surface area contributed by atoms with Gasteiger partial charge in [0.2, 0.25) is 5.95 Å². The molecule has 0 saturated heterocycles. The Hall–Kier alpha value is -1.91. The van der Waals surface area contributed by atoms with Gasteiger partial charge in [-0.05, 0) is 18.6 Å². The quantitative estimate of drug-likeness (QED) is 0.751. The number of pyridine rings is 1. The van der Waals surface area contributed by atoms with Crippen molar-refractivity contribution in [2.75, 3.05) is 5.73 Å². The van der Waals surface area contributed by atoms with Gasteiger partial charge in [-0.15, -0.1) is 5.10 Å². The van der Waals surface area contributed by atoms with Crippen LogP contribution in [0.15, 0.2) is 24.7 Å². The second-order valence-electron chi connectivity index (χ2n) is 3.11. The minimum Gasteiger partial charge on any atom is -0.367 e. The number of nitrogens with zero attached hydrogens (tertiary/aromatic N) is 4. The summed E-state index contributed by atoms with van der Waals surface area (Å²) in [7, 11) is 0. The molecular formula is C9H11N5. The topological polar surface area (TPSA) is 69.6 Å². The predicted octanol–water partition coefficient (Wildman–Crippen LogP) is 0.612. The van der Waals surface area contributed by atoms with Crippen molar-refractivity contribution in [3.05, 3.63) is 35.9 Å². The second kappa shape index (κ2) is 3.45. The standard InChI is InChI=1S/C9H11N5/c1-7-2-3-8(4-11-7)5-14-6-12-9(10)13-14/h2-4,6H,5H2,1H3,(H2,10,13). The van der Waals surface area contributed by atoms with Crippen molar-refractivity contribution in [3.63, 3.8) is 0 Å². The van der Waals surface area contributed by atoms with E-state index in [9.17, 15) is 0 Å². The smallest absolute Gasteiger partial charge is 0.239 e. The van der Waals surface area contributed by atoms with Crippen LogP contribution in [0, 0.1) is 6.92 Å². The number of nitrogen functional groups attached to an aromatic ring is 1. The molecule has 2 rings (SSSR count). The maximum atomic E-state index is 5.40. The molecule has 0 atom stereocenters. The van der Waals surface area contributed by atoms with E-state index in [1.165, 1.54) is 0 Å². The molecular weight excluding hydrogens is 178 g/mol. The summed E-state index contributed by atoms with van der Waals surface area (Å²) in [5, 5.41) is 3.98. The van der Waals surface area contributed by atoms with Crippen molar-refractivity contribution in [1.82, 2.24) is 19.7 Å². The number of hydrogen-bond donors (Lipinski definition) is 1. The Labute approximate surface area is 81.6 Å². The molecule has 72 valence electrons. The Kier molecular flexibility index (Phi) is 2.14. The monoisotopic (exact) mass is 189 g/mol. The molecule has 0 bridgehead atoms. The molecule has 2 N–H and O–H groups in total. The van der Waals surface area contributed by atoms with E-state index < -0.39 is 0 Å². The van der Waals surface area contributed by atoms with Gasteiger partial charge in [-0.25, -0.2) is 9.67 Å². The van der Waals surface area contributed by atoms with Crippen LogP contribution >= 0.6 is 0 Å². The van der Waals surface area contributed by atoms with Gasteiger partial charge >= 0.3 is 0 Å². The van der Waals surface area contributed by atoms with Crippen LogP contribution in [0.3, 0.4) is 0 Å². The fraction of sp³-hybridized carbons (Fsp3) is 0.222. The molecule has 0 unspecified atom stereocenters. The highest BCUT2D eigenvalue weighted by atomic mass is 15.4. The lowest BCUT2D eigenvalue weighted by molar-refractivity contribution is 0.685. The summed E-state index contributed by atoms with van der Waals surface area (Å²) in [6, 6.07) is 3.98. The van der Waals surface area contributed by atoms with Gasteiger partial charge < -0.3 is 5.73 Å². The molecule has 5 nitrogen and oxygen atoms in total. The third-order valence-corrected chi connectivity index (χ3v) is 1.87. The molecule has 0 aliphatic carbocycles. The van der Waals surface area contributed by atoms with Crippen molar-refractivity contribution in [3.8, 4) is 0 Å². The van der Waals surface area contributed by atoms with Crippen molar-refractivity contribution >= 4 is 5.95 Å². The van der Waals surface area contributed by atoms with Crippen molar-refractivity contribution < 1.29 is 0 Å². The number of rotatable bonds is 2. The highest BCUT2D eigenvalue weighted by Crippen LogP contribution is 2.01. The van der Waals surface area contributed by atoms with Crippen molar-refractivity contribution in [2.24, 2.45) is 0 Å². The number of nitrogens with two attached hydrogens (primary N) is 1. The van der Waals surface area contributed by atoms with E-state index >= 15 is 0 Å². The van der Waals surface area contributed by atoms with Gasteiger partial charge in [0.1, 0.15) is 6.33 Å². The van der Waals surface area contributed by atoms with Crippen LogP contribution in [0.4, 0.5) is 5.95 Å². The highest BCUT2D eigenvalue weighted by molar-refractivity contribution is 5.14. The largest absolute Gasteiger partial charge is 0.367 e. The van der Waals surface area contributed by atoms with Crippen LogP contribution in [-0.4, -0.2) is 19.7 Å². The lowest BCUT2D eigenvalue weighted by Gasteiger charge is -2.00. The zero-order valence-corrected chi connectivity index (χ0v) is 7.88. The van der Waals surface area contributed by atoms with Crippen LogP contribution in [0.5, 0.6) is 0 Å². The van der Waals surface area contributed by atoms with E-state index in [-0.39, 0.29) is 0 Å². The predicted molar refractivity (Wildman–Crippen MR) is 52.5 cm³/mol. The first-order chi connectivity index (χ1) is 6.74. The maximum Gasteiger partial charge on any atom is 0.239 e. The van der Waals surface area contributed by atoms with E-state index in [1.54, 1.807) is 11.0 Å². The molecule has 2 aromatic heterocycles. The zero-order valence-electron chi connectivity index (χ0n) is 7.88. The molecule has 2 aromatic rings. The van der Waals surface area contributed by atoms with Gasteiger partial charge in [0.15, 0.2) is 0 Å². The van der Waals surface area contributed by atoms with Crippen LogP contribution in [0.2, 0.25) is 0 Å². The molecule has 14 heavy (non-hydrogen) atoms. The maximum absolute atomic E-state index is 5.40. The first kappa shape index (κ1) is 8.68. The Bertz CT molecular complexity index is 417. The molecule has 0 amide bonds. The summed E-state index contributed by atoms with van der Waals surface area (Å²) in [4.78, 5) is 8.03. The summed E-state index contributed by atoms with van der Waals surface area (Å²) in [5.74, 6) is 0.296. The first-order valence-corrected chi connectivity index (χ1v) is 4.30. The molecule has 0 radical (unpaired) electrons. The molecule has 2 heterocycles. The summed E-state index contributed by atoms with van der Waals surface area (Å²) < 4.78 is 1.68. The number of hydrogen-bond acceptors (Lipinski definition) is 4. The third kappa shape index (κ3) is 1.87. The fourth-order valence-electron chi connectivity index (χ4n) is 1.16. The molecule has 0 saturated carbocycles. The molecule has 0 aliphatic rings. The highest BCUT2D eigenvalue weighted by Gasteiger charge is 1.97. The molecule has 0 fully saturated rings. The normalized spacial score (nSPS) is 10.4. The Morgan fingerprint density at radius 1 is 1.36 bits per heavy atom. The van der Waals surface area contributed by atoms with Crippen LogP contribution < -0.4 is 5.73 Å². The Morgan fingerprint density at radius 3 is 2.79 bits per heavy atom. The van der Waals surface area contributed by atoms with E-state index in [0.29, 0.717) is 12.5 Å². The van der Waals surface area contributed by atoms with E-state index in [4.69, 9.17) is 5.73 Å². The van der Waals surface area contributed by atoms with E-state index in [2.05, 4.69) is 15.1 Å². The van der Waals surface area contributed by atoms with Gasteiger partial charge in [0.05, 0.1) is 6.54 Å². The average molecular weight is 189 g/mol. The number of anilines is 1. The van der Waals surface area contributed by atoms with Gasteiger partial charge in [-0.1, -0.05) is 6.07 Å². The lowest BCUT2D eigenvalue weighted by atomic mass is 10.2. The average Bonchev–Trinajstić information content (AvgIpc) is 2.56. The SMILES string of the molecule is Cc1ccc(Cn2cnc(N)n2)cn1. The van der Waals surface area contributed by atoms with Crippen LogP contribution in [0.1, 0.15) is 11.3 Å². The minimum absolute atomic E-state index is 0.296. The van der Waals surface area contributed by atoms with E-state index in [0.717, 1.165) is 11.3 Å². The molecule has 0 aromatic carbocycles. The molecule has 0 aliphatic heterocycles. The number of aryl methyl sites for hydroxylation is 1. The van der Waals surface area contributed by atoms with E-state index in [1.807, 2.05) is 25.3 Å². The van der Waals surface area contributed by atoms with Crippen molar-refractivity contribution in [1.29, 1.82) is 0 Å². The third-order valence-electron chi connectivity index (χ3n) is 1.87. The Balaban J connectivity index is 2.15. The van der Waals surface area contributed by atoms with Gasteiger partial charge in [0.25, 0.3) is 0 Å². The summed E-state index contributed by atoms with van der Waals surface area (Å²) >= 11 is 0. The molecule has 0 spiro atoms. The lowest BCUT2D eigenvalue weighted by Crippen LogP contribution is -2.01. The second-order valence-corrected chi connectivity index (χ2v) is 3.11. The first-order valence-electron chi connectivity index (χ1n) is 4.30. The number of aromatic nitrogens is 4. The molecule has 5 heteroatoms. The van der Waals surface area contributed by atoms with Gasteiger partial charge in [-0.3, -0.25) is 4.98 Å². The van der Waals surface area contributed by atoms with Crippen molar-refractivity contribution in [2.45, 2.75) is 13.5 Å². The summed E-state index contributed by atoms with van der Waals surface area (Å²) in [5.41, 5.74) is 7.49. The fourth-order valence-corrected chi connectivity index (χ4v) is 1.16. The zero-order chi connectivity index (χ0) is 9.97. The summed E-state index contributed by atoms with van der Waals surface area (Å²) in [6.45, 7) is 2.61. The van der Waals surface area contributed by atoms with Gasteiger partial charge in [-0.2, -0.15) is 0 Å². The van der Waals surface area contributed by atoms with Crippen LogP contribution in [-0.2, 0) is 6.54 Å². The minimum atomic E-state index is 0.296. The Morgan fingerprint density at radius 2 is 2.21 bits per heavy atom. The summed E-state index contributed by atoms with van der Waals surface area (Å²) in [6.07, 6.45) is 3.43. The van der Waals surface area contributed by atoms with Gasteiger partial charge in [0, 0.05) is 11.9 Å². The van der Waals surface area contributed by atoms with Crippen LogP contribution in [0.25, 0.3) is 0 Å².